The van der Waals surface area contributed by atoms with Crippen molar-refractivity contribution in [3.8, 4) is 22.4 Å². The number of amides is 2. The Hall–Kier alpha value is -3.71. The lowest BCUT2D eigenvalue weighted by atomic mass is 9.71. The molecule has 2 fully saturated rings. The molecule has 0 atom stereocenters. The number of benzene rings is 2. The quantitative estimate of drug-likeness (QED) is 0.323. The van der Waals surface area contributed by atoms with Gasteiger partial charge in [-0.3, -0.25) is 9.78 Å². The minimum absolute atomic E-state index is 0.00936. The van der Waals surface area contributed by atoms with Gasteiger partial charge in [-0.05, 0) is 68.1 Å². The minimum Gasteiger partial charge on any atom is -0.465 e. The third-order valence-corrected chi connectivity index (χ3v) is 7.89. The van der Waals surface area contributed by atoms with Gasteiger partial charge in [-0.15, -0.1) is 0 Å². The average Bonchev–Trinajstić information content (AvgIpc) is 2.88. The van der Waals surface area contributed by atoms with Gasteiger partial charge in [-0.2, -0.15) is 0 Å². The second-order valence-corrected chi connectivity index (χ2v) is 10.5. The standard InChI is InChI=1S/C30H34N4O3/c31-24-13-7-20(8-14-24)17-27(35)33-25-18-26(21-5-2-1-3-6-21)28(32-19-25)22-9-11-23(12-10-22)30(15-4-16-30)34-29(36)37/h1-3,5-6,9-12,18-20,24,34H,4,7-8,13-17,31H2,(H,33,35)(H,36,37). The highest BCUT2D eigenvalue weighted by Crippen LogP contribution is 2.42. The van der Waals surface area contributed by atoms with Crippen LogP contribution < -0.4 is 16.4 Å². The molecule has 2 aliphatic carbocycles. The third-order valence-electron chi connectivity index (χ3n) is 7.89. The number of hydrogen-bond acceptors (Lipinski definition) is 4. The molecular formula is C30H34N4O3. The van der Waals surface area contributed by atoms with Crippen molar-refractivity contribution in [3.63, 3.8) is 0 Å². The molecule has 0 spiro atoms. The highest BCUT2D eigenvalue weighted by Gasteiger charge is 2.40. The first-order valence-electron chi connectivity index (χ1n) is 13.1. The van der Waals surface area contributed by atoms with Crippen LogP contribution in [0.2, 0.25) is 0 Å². The van der Waals surface area contributed by atoms with Gasteiger partial charge in [-0.1, -0.05) is 54.6 Å². The molecule has 2 amide bonds. The molecule has 3 aromatic rings. The topological polar surface area (TPSA) is 117 Å². The number of carboxylic acid groups (broad SMARTS) is 1. The largest absolute Gasteiger partial charge is 0.465 e. The summed E-state index contributed by atoms with van der Waals surface area (Å²) in [6.45, 7) is 0. The SMILES string of the molecule is NC1CCC(CC(=O)Nc2cnc(-c3ccc(C4(NC(=O)O)CCC4)cc3)c(-c3ccccc3)c2)CC1. The maximum Gasteiger partial charge on any atom is 0.405 e. The van der Waals surface area contributed by atoms with Gasteiger partial charge in [0, 0.05) is 23.6 Å². The second kappa shape index (κ2) is 10.7. The molecule has 0 bridgehead atoms. The molecule has 0 radical (unpaired) electrons. The zero-order chi connectivity index (χ0) is 25.8. The van der Waals surface area contributed by atoms with Gasteiger partial charge < -0.3 is 21.5 Å². The lowest BCUT2D eigenvalue weighted by Crippen LogP contribution is -2.50. The number of pyridine rings is 1. The van der Waals surface area contributed by atoms with Gasteiger partial charge in [-0.25, -0.2) is 4.79 Å². The molecule has 0 saturated heterocycles. The van der Waals surface area contributed by atoms with Crippen LogP contribution in [0.25, 0.3) is 22.4 Å². The first-order valence-corrected chi connectivity index (χ1v) is 13.1. The Balaban J connectivity index is 1.39. The highest BCUT2D eigenvalue weighted by atomic mass is 16.4. The van der Waals surface area contributed by atoms with Crippen molar-refractivity contribution in [2.24, 2.45) is 11.7 Å². The zero-order valence-electron chi connectivity index (χ0n) is 21.0. The Kier molecular flexibility index (Phi) is 7.24. The average molecular weight is 499 g/mol. The molecule has 7 nitrogen and oxygen atoms in total. The summed E-state index contributed by atoms with van der Waals surface area (Å²) in [5, 5.41) is 15.1. The molecule has 5 rings (SSSR count). The van der Waals surface area contributed by atoms with E-state index >= 15 is 0 Å². The molecule has 2 aromatic carbocycles. The molecular weight excluding hydrogens is 464 g/mol. The van der Waals surface area contributed by atoms with E-state index in [0.717, 1.165) is 72.9 Å². The van der Waals surface area contributed by atoms with Crippen LogP contribution in [0, 0.1) is 5.92 Å². The number of carbonyl (C=O) groups is 2. The van der Waals surface area contributed by atoms with Crippen LogP contribution in [-0.4, -0.2) is 28.1 Å². The predicted octanol–water partition coefficient (Wildman–Crippen LogP) is 5.91. The van der Waals surface area contributed by atoms with Crippen molar-refractivity contribution in [1.29, 1.82) is 0 Å². The van der Waals surface area contributed by atoms with Crippen molar-refractivity contribution in [1.82, 2.24) is 10.3 Å². The van der Waals surface area contributed by atoms with Crippen molar-refractivity contribution < 1.29 is 14.7 Å². The Morgan fingerprint density at radius 1 is 0.973 bits per heavy atom. The van der Waals surface area contributed by atoms with Gasteiger partial charge in [0.25, 0.3) is 0 Å². The number of anilines is 1. The second-order valence-electron chi connectivity index (χ2n) is 10.5. The summed E-state index contributed by atoms with van der Waals surface area (Å²) >= 11 is 0. The maximum atomic E-state index is 12.8. The monoisotopic (exact) mass is 498 g/mol. The first-order chi connectivity index (χ1) is 17.9. The number of aromatic nitrogens is 1. The molecule has 7 heteroatoms. The summed E-state index contributed by atoms with van der Waals surface area (Å²) in [6.07, 6.45) is 7.79. The summed E-state index contributed by atoms with van der Waals surface area (Å²) in [5.41, 5.74) is 10.8. The lowest BCUT2D eigenvalue weighted by Gasteiger charge is -2.42. The van der Waals surface area contributed by atoms with Crippen LogP contribution in [0.3, 0.4) is 0 Å². The van der Waals surface area contributed by atoms with E-state index < -0.39 is 11.6 Å². The Bertz CT molecular complexity index is 1250. The Morgan fingerprint density at radius 2 is 1.68 bits per heavy atom. The van der Waals surface area contributed by atoms with E-state index in [2.05, 4.69) is 10.6 Å². The van der Waals surface area contributed by atoms with Crippen LogP contribution in [0.4, 0.5) is 10.5 Å². The summed E-state index contributed by atoms with van der Waals surface area (Å²) in [4.78, 5) is 28.9. The lowest BCUT2D eigenvalue weighted by molar-refractivity contribution is -0.117. The summed E-state index contributed by atoms with van der Waals surface area (Å²) in [5.74, 6) is 0.392. The van der Waals surface area contributed by atoms with E-state index in [4.69, 9.17) is 10.7 Å². The summed E-state index contributed by atoms with van der Waals surface area (Å²) in [6, 6.07) is 20.3. The zero-order valence-corrected chi connectivity index (χ0v) is 21.0. The van der Waals surface area contributed by atoms with E-state index in [0.29, 0.717) is 18.0 Å². The third kappa shape index (κ3) is 5.67. The molecule has 0 unspecified atom stereocenters. The number of rotatable bonds is 7. The van der Waals surface area contributed by atoms with Crippen molar-refractivity contribution in [2.45, 2.75) is 62.9 Å². The number of carbonyl (C=O) groups excluding carboxylic acids is 1. The molecule has 2 aliphatic rings. The molecule has 2 saturated carbocycles. The van der Waals surface area contributed by atoms with Gasteiger partial charge in [0.1, 0.15) is 0 Å². The van der Waals surface area contributed by atoms with Crippen LogP contribution >= 0.6 is 0 Å². The number of hydrogen-bond donors (Lipinski definition) is 4. The molecule has 5 N–H and O–H groups in total. The van der Waals surface area contributed by atoms with E-state index in [-0.39, 0.29) is 11.9 Å². The van der Waals surface area contributed by atoms with Gasteiger partial charge in [0.05, 0.1) is 23.1 Å². The predicted molar refractivity (Wildman–Crippen MR) is 145 cm³/mol. The van der Waals surface area contributed by atoms with E-state index in [9.17, 15) is 14.7 Å². The summed E-state index contributed by atoms with van der Waals surface area (Å²) < 4.78 is 0. The molecule has 1 aromatic heterocycles. The Morgan fingerprint density at radius 3 is 2.30 bits per heavy atom. The molecule has 0 aliphatic heterocycles. The first kappa shape index (κ1) is 25.0. The van der Waals surface area contributed by atoms with E-state index in [1.54, 1.807) is 6.20 Å². The number of nitrogens with zero attached hydrogens (tertiary/aromatic N) is 1. The smallest absolute Gasteiger partial charge is 0.405 e. The van der Waals surface area contributed by atoms with Crippen LogP contribution in [0.15, 0.2) is 66.9 Å². The van der Waals surface area contributed by atoms with Crippen molar-refractivity contribution in [3.05, 3.63) is 72.4 Å². The molecule has 192 valence electrons. The summed E-state index contributed by atoms with van der Waals surface area (Å²) in [7, 11) is 0. The van der Waals surface area contributed by atoms with Crippen molar-refractivity contribution >= 4 is 17.7 Å². The van der Waals surface area contributed by atoms with Gasteiger partial charge in [0.15, 0.2) is 0 Å². The molecule has 1 heterocycles. The number of nitrogens with one attached hydrogen (secondary N) is 2. The highest BCUT2D eigenvalue weighted by molar-refractivity contribution is 5.93. The van der Waals surface area contributed by atoms with Gasteiger partial charge in [0.2, 0.25) is 5.91 Å². The van der Waals surface area contributed by atoms with Crippen LogP contribution in [-0.2, 0) is 10.3 Å². The minimum atomic E-state index is -0.999. The fourth-order valence-corrected chi connectivity index (χ4v) is 5.64. The van der Waals surface area contributed by atoms with Crippen molar-refractivity contribution in [2.75, 3.05) is 5.32 Å². The fraction of sp³-hybridized carbons (Fsp3) is 0.367. The van der Waals surface area contributed by atoms with E-state index in [1.807, 2.05) is 60.7 Å². The maximum absolute atomic E-state index is 12.8. The normalized spacial score (nSPS) is 20.5. The van der Waals surface area contributed by atoms with E-state index in [1.165, 1.54) is 0 Å². The Labute approximate surface area is 217 Å². The van der Waals surface area contributed by atoms with Crippen LogP contribution in [0.1, 0.15) is 56.9 Å². The van der Waals surface area contributed by atoms with Crippen LogP contribution in [0.5, 0.6) is 0 Å². The number of nitrogens with two attached hydrogens (primary N) is 1. The molecule has 37 heavy (non-hydrogen) atoms. The fourth-order valence-electron chi connectivity index (χ4n) is 5.64. The van der Waals surface area contributed by atoms with Gasteiger partial charge >= 0.3 is 6.09 Å².